The van der Waals surface area contributed by atoms with Crippen LogP contribution in [0.25, 0.3) is 0 Å². The molecule has 0 aliphatic carbocycles. The van der Waals surface area contributed by atoms with E-state index >= 15 is 0 Å². The molecule has 2 aliphatic heterocycles. The van der Waals surface area contributed by atoms with Gasteiger partial charge >= 0.3 is 35.5 Å². The first-order valence-corrected chi connectivity index (χ1v) is 9.64. The SMILES string of the molecule is CO[C@@]1(NC(=O)CSC[C@@H](N)C(=O)O)C(=O)N2C(C(=O)[O-])=C(C)CS[C@@H]21.[Na+]. The van der Waals surface area contributed by atoms with Crippen molar-refractivity contribution < 1.29 is 63.7 Å². The summed E-state index contributed by atoms with van der Waals surface area (Å²) in [6.45, 7) is 1.59. The molecular formula is C14H18N3NaO7S2. The maximum atomic E-state index is 12.6. The van der Waals surface area contributed by atoms with Gasteiger partial charge in [-0.15, -0.1) is 23.5 Å². The van der Waals surface area contributed by atoms with E-state index in [0.717, 1.165) is 16.7 Å². The second kappa shape index (κ2) is 9.63. The van der Waals surface area contributed by atoms with E-state index in [-0.39, 0.29) is 46.8 Å². The molecule has 0 aromatic heterocycles. The minimum Gasteiger partial charge on any atom is -0.543 e. The van der Waals surface area contributed by atoms with Gasteiger partial charge in [0.05, 0.1) is 17.4 Å². The molecule has 4 N–H and O–H groups in total. The van der Waals surface area contributed by atoms with Gasteiger partial charge < -0.3 is 30.8 Å². The molecule has 2 amide bonds. The smallest absolute Gasteiger partial charge is 0.543 e. The number of thioether (sulfide) groups is 2. The molecule has 144 valence electrons. The summed E-state index contributed by atoms with van der Waals surface area (Å²) in [5, 5.41) is 21.8. The van der Waals surface area contributed by atoms with Gasteiger partial charge in [-0.1, -0.05) is 0 Å². The Kier molecular flexibility index (Phi) is 8.66. The number of nitrogens with zero attached hydrogens (tertiary/aromatic N) is 1. The molecular weight excluding hydrogens is 409 g/mol. The first-order chi connectivity index (χ1) is 12.2. The fraction of sp³-hybridized carbons (Fsp3) is 0.571. The molecule has 0 saturated carbocycles. The van der Waals surface area contributed by atoms with Crippen molar-refractivity contribution in [2.75, 3.05) is 24.4 Å². The molecule has 10 nitrogen and oxygen atoms in total. The van der Waals surface area contributed by atoms with Crippen LogP contribution in [-0.2, 0) is 23.9 Å². The number of nitrogens with one attached hydrogen (secondary N) is 1. The molecule has 27 heavy (non-hydrogen) atoms. The Labute approximate surface area is 185 Å². The van der Waals surface area contributed by atoms with E-state index in [1.807, 2.05) is 0 Å². The van der Waals surface area contributed by atoms with Crippen LogP contribution >= 0.6 is 23.5 Å². The van der Waals surface area contributed by atoms with Crippen molar-refractivity contribution in [2.45, 2.75) is 24.1 Å². The third kappa shape index (κ3) is 4.63. The number of rotatable bonds is 8. The number of nitrogens with two attached hydrogens (primary N) is 1. The van der Waals surface area contributed by atoms with E-state index in [0.29, 0.717) is 11.3 Å². The van der Waals surface area contributed by atoms with Gasteiger partial charge in [0.15, 0.2) is 0 Å². The predicted molar refractivity (Wildman–Crippen MR) is 91.6 cm³/mol. The van der Waals surface area contributed by atoms with Gasteiger partial charge in [-0.25, -0.2) is 0 Å². The minimum atomic E-state index is -1.67. The quantitative estimate of drug-likeness (QED) is 0.194. The molecule has 0 bridgehead atoms. The summed E-state index contributed by atoms with van der Waals surface area (Å²) in [7, 11) is 1.24. The second-order valence-electron chi connectivity index (χ2n) is 5.70. The van der Waals surface area contributed by atoms with Crippen LogP contribution in [0.15, 0.2) is 11.3 Å². The van der Waals surface area contributed by atoms with Gasteiger partial charge in [0, 0.05) is 18.6 Å². The van der Waals surface area contributed by atoms with Crippen molar-refractivity contribution in [1.29, 1.82) is 0 Å². The van der Waals surface area contributed by atoms with Crippen molar-refractivity contribution in [1.82, 2.24) is 10.2 Å². The van der Waals surface area contributed by atoms with Crippen molar-refractivity contribution in [3.05, 3.63) is 11.3 Å². The van der Waals surface area contributed by atoms with E-state index in [4.69, 9.17) is 15.6 Å². The number of carbonyl (C=O) groups is 4. The standard InChI is InChI=1S/C14H19N3O7S2.Na/c1-6-3-26-13-14(24-2,12(23)17(13)9(6)11(21)22)16-8(18)5-25-4-7(15)10(19)20;/h7,13H,3-5,15H2,1-2H3,(H,16,18)(H,19,20)(H,21,22);/q;+1/p-1/t7-,13-,14+;/m1./s1. The number of β-lactam (4-membered cyclic amide) rings is 1. The van der Waals surface area contributed by atoms with Crippen LogP contribution in [-0.4, -0.2) is 75.3 Å². The zero-order valence-corrected chi connectivity index (χ0v) is 18.6. The number of carboxylic acids is 2. The molecule has 2 rings (SSSR count). The van der Waals surface area contributed by atoms with Crippen LogP contribution in [0.2, 0.25) is 0 Å². The number of ether oxygens (including phenoxy) is 1. The summed E-state index contributed by atoms with van der Waals surface area (Å²) < 4.78 is 5.25. The number of aliphatic carboxylic acids is 2. The molecule has 0 aromatic carbocycles. The van der Waals surface area contributed by atoms with Gasteiger partial charge in [-0.2, -0.15) is 0 Å². The molecule has 0 radical (unpaired) electrons. The topological polar surface area (TPSA) is 162 Å². The van der Waals surface area contributed by atoms with Gasteiger partial charge in [-0.3, -0.25) is 19.3 Å². The number of methoxy groups -OCH3 is 1. The van der Waals surface area contributed by atoms with Crippen molar-refractivity contribution in [2.24, 2.45) is 5.73 Å². The predicted octanol–water partition coefficient (Wildman–Crippen LogP) is -5.47. The van der Waals surface area contributed by atoms with E-state index in [2.05, 4.69) is 5.32 Å². The van der Waals surface area contributed by atoms with Crippen molar-refractivity contribution >= 4 is 47.3 Å². The van der Waals surface area contributed by atoms with Gasteiger partial charge in [0.25, 0.3) is 11.6 Å². The third-order valence-corrected chi connectivity index (χ3v) is 6.43. The van der Waals surface area contributed by atoms with Crippen LogP contribution in [0, 0.1) is 0 Å². The van der Waals surface area contributed by atoms with Crippen molar-refractivity contribution in [3.8, 4) is 0 Å². The molecule has 3 atom stereocenters. The molecule has 13 heteroatoms. The van der Waals surface area contributed by atoms with E-state index in [1.165, 1.54) is 18.9 Å². The number of carbonyl (C=O) groups excluding carboxylic acids is 3. The van der Waals surface area contributed by atoms with E-state index in [1.54, 1.807) is 6.92 Å². The Morgan fingerprint density at radius 2 is 2.19 bits per heavy atom. The Hall–Kier alpha value is -0.760. The largest absolute Gasteiger partial charge is 1.00 e. The first-order valence-electron chi connectivity index (χ1n) is 7.44. The third-order valence-electron chi connectivity index (χ3n) is 3.91. The van der Waals surface area contributed by atoms with Crippen LogP contribution in [0.1, 0.15) is 6.92 Å². The Bertz CT molecular complexity index is 690. The Morgan fingerprint density at radius 1 is 1.56 bits per heavy atom. The molecule has 1 fully saturated rings. The molecule has 0 aromatic rings. The number of hydrogen-bond donors (Lipinski definition) is 3. The van der Waals surface area contributed by atoms with Crippen LogP contribution in [0.4, 0.5) is 0 Å². The molecule has 0 spiro atoms. The summed E-state index contributed by atoms with van der Waals surface area (Å²) >= 11 is 2.27. The zero-order chi connectivity index (χ0) is 19.6. The molecule has 2 aliphatic rings. The fourth-order valence-electron chi connectivity index (χ4n) is 2.62. The number of carboxylic acid groups (broad SMARTS) is 2. The Morgan fingerprint density at radius 3 is 2.70 bits per heavy atom. The van der Waals surface area contributed by atoms with Gasteiger partial charge in [-0.05, 0) is 12.5 Å². The first kappa shape index (κ1) is 24.3. The van der Waals surface area contributed by atoms with Crippen LogP contribution in [0.5, 0.6) is 0 Å². The molecule has 2 heterocycles. The fourth-order valence-corrected chi connectivity index (χ4v) is 4.77. The normalized spacial score (nSPS) is 25.1. The van der Waals surface area contributed by atoms with Crippen molar-refractivity contribution in [3.63, 3.8) is 0 Å². The number of fused-ring (bicyclic) bond motifs is 1. The minimum absolute atomic E-state index is 0. The number of hydrogen-bond acceptors (Lipinski definition) is 9. The molecule has 1 saturated heterocycles. The summed E-state index contributed by atoms with van der Waals surface area (Å²) in [6, 6.07) is -1.10. The van der Waals surface area contributed by atoms with Crippen LogP contribution < -0.4 is 45.7 Å². The Balaban J connectivity index is 0.00000364. The average Bonchev–Trinajstić information content (AvgIpc) is 2.58. The summed E-state index contributed by atoms with van der Waals surface area (Å²) in [5.74, 6) is -3.64. The summed E-state index contributed by atoms with van der Waals surface area (Å²) in [5.41, 5.74) is 3.97. The second-order valence-corrected chi connectivity index (χ2v) is 7.80. The zero-order valence-electron chi connectivity index (χ0n) is 15.0. The van der Waals surface area contributed by atoms with Gasteiger partial charge in [0.1, 0.15) is 11.4 Å². The van der Waals surface area contributed by atoms with Gasteiger partial charge in [0.2, 0.25) is 5.91 Å². The summed E-state index contributed by atoms with van der Waals surface area (Å²) in [6.07, 6.45) is 0. The average molecular weight is 427 g/mol. The van der Waals surface area contributed by atoms with E-state index < -0.39 is 40.9 Å². The number of amides is 2. The summed E-state index contributed by atoms with van der Waals surface area (Å²) in [4.78, 5) is 47.7. The maximum Gasteiger partial charge on any atom is 1.00 e. The maximum absolute atomic E-state index is 12.6. The monoisotopic (exact) mass is 427 g/mol. The van der Waals surface area contributed by atoms with Crippen LogP contribution in [0.3, 0.4) is 0 Å². The van der Waals surface area contributed by atoms with E-state index in [9.17, 15) is 24.3 Å². The molecule has 0 unspecified atom stereocenters.